The molecule has 0 unspecified atom stereocenters. The third-order valence-electron chi connectivity index (χ3n) is 4.82. The van der Waals surface area contributed by atoms with E-state index in [4.69, 9.17) is 9.47 Å². The van der Waals surface area contributed by atoms with Gasteiger partial charge in [0.25, 0.3) is 0 Å². The van der Waals surface area contributed by atoms with E-state index in [9.17, 15) is 4.79 Å². The van der Waals surface area contributed by atoms with Crippen molar-refractivity contribution in [2.24, 2.45) is 0 Å². The first kappa shape index (κ1) is 19.4. The van der Waals surface area contributed by atoms with Crippen molar-refractivity contribution in [3.05, 3.63) is 48.5 Å². The van der Waals surface area contributed by atoms with Gasteiger partial charge in [0.05, 0.1) is 20.3 Å². The van der Waals surface area contributed by atoms with E-state index in [2.05, 4.69) is 10.2 Å². The molecule has 1 amide bonds. The Bertz CT molecular complexity index is 725. The van der Waals surface area contributed by atoms with Crippen LogP contribution in [-0.2, 0) is 9.53 Å². The van der Waals surface area contributed by atoms with E-state index in [0.29, 0.717) is 6.42 Å². The van der Waals surface area contributed by atoms with Crippen LogP contribution >= 0.6 is 0 Å². The molecule has 1 N–H and O–H groups in total. The summed E-state index contributed by atoms with van der Waals surface area (Å²) in [7, 11) is 1.67. The number of unbranched alkanes of at least 4 members (excludes halogenated alkanes) is 1. The summed E-state index contributed by atoms with van der Waals surface area (Å²) in [6, 6.07) is 15.8. The Kier molecular flexibility index (Phi) is 7.25. The van der Waals surface area contributed by atoms with Gasteiger partial charge in [-0.15, -0.1) is 0 Å². The van der Waals surface area contributed by atoms with Crippen molar-refractivity contribution in [2.75, 3.05) is 45.3 Å². The number of rotatable bonds is 8. The number of carbonyl (C=O) groups excluding carboxylic acids is 1. The van der Waals surface area contributed by atoms with Gasteiger partial charge in [-0.3, -0.25) is 9.69 Å². The summed E-state index contributed by atoms with van der Waals surface area (Å²) in [6.07, 6.45) is 2.50. The number of nitrogens with one attached hydrogen (secondary N) is 1. The maximum Gasteiger partial charge on any atom is 0.224 e. The summed E-state index contributed by atoms with van der Waals surface area (Å²) in [5.41, 5.74) is 2.93. The van der Waals surface area contributed by atoms with Crippen LogP contribution < -0.4 is 10.1 Å². The molecule has 144 valence electrons. The molecule has 1 heterocycles. The first-order chi connectivity index (χ1) is 13.3. The highest BCUT2D eigenvalue weighted by Gasteiger charge is 2.10. The van der Waals surface area contributed by atoms with Gasteiger partial charge < -0.3 is 14.8 Å². The van der Waals surface area contributed by atoms with Gasteiger partial charge in [-0.25, -0.2) is 0 Å². The lowest BCUT2D eigenvalue weighted by atomic mass is 10.0. The average molecular weight is 368 g/mol. The Morgan fingerprint density at radius 3 is 2.56 bits per heavy atom. The molecule has 0 aliphatic carbocycles. The maximum absolute atomic E-state index is 12.2. The molecule has 1 aliphatic heterocycles. The standard InChI is InChI=1S/C22H28N2O3/c1-26-21-7-3-2-6-20(21)18-9-11-19(12-10-18)23-22(25)8-4-5-13-24-14-16-27-17-15-24/h2-3,6-7,9-12H,4-5,8,13-17H2,1H3,(H,23,25). The van der Waals surface area contributed by atoms with Gasteiger partial charge in [0, 0.05) is 30.8 Å². The molecule has 2 aromatic carbocycles. The van der Waals surface area contributed by atoms with Crippen LogP contribution in [0.4, 0.5) is 5.69 Å². The number of amides is 1. The van der Waals surface area contributed by atoms with Crippen LogP contribution in [0.5, 0.6) is 5.75 Å². The predicted octanol–water partition coefficient (Wildman–Crippen LogP) is 3.80. The van der Waals surface area contributed by atoms with Crippen molar-refractivity contribution in [1.29, 1.82) is 0 Å². The third kappa shape index (κ3) is 5.81. The van der Waals surface area contributed by atoms with Crippen molar-refractivity contribution >= 4 is 11.6 Å². The molecule has 2 aromatic rings. The molecule has 1 fully saturated rings. The van der Waals surface area contributed by atoms with Gasteiger partial charge in [-0.2, -0.15) is 0 Å². The largest absolute Gasteiger partial charge is 0.496 e. The van der Waals surface area contributed by atoms with E-state index < -0.39 is 0 Å². The number of benzene rings is 2. The van der Waals surface area contributed by atoms with Crippen LogP contribution in [0.25, 0.3) is 11.1 Å². The number of para-hydroxylation sites is 1. The van der Waals surface area contributed by atoms with Crippen molar-refractivity contribution in [3.63, 3.8) is 0 Å². The summed E-state index contributed by atoms with van der Waals surface area (Å²) < 4.78 is 10.8. The summed E-state index contributed by atoms with van der Waals surface area (Å²) in [5.74, 6) is 0.913. The number of ether oxygens (including phenoxy) is 2. The zero-order valence-corrected chi connectivity index (χ0v) is 15.9. The number of hydrogen-bond donors (Lipinski definition) is 1. The van der Waals surface area contributed by atoms with E-state index in [1.807, 2.05) is 48.5 Å². The molecular formula is C22H28N2O3. The van der Waals surface area contributed by atoms with Crippen molar-refractivity contribution in [3.8, 4) is 16.9 Å². The van der Waals surface area contributed by atoms with Crippen LogP contribution in [0.2, 0.25) is 0 Å². The molecule has 27 heavy (non-hydrogen) atoms. The van der Waals surface area contributed by atoms with Crippen LogP contribution in [0, 0.1) is 0 Å². The molecule has 1 aliphatic rings. The molecule has 0 bridgehead atoms. The van der Waals surface area contributed by atoms with Gasteiger partial charge in [0.15, 0.2) is 0 Å². The third-order valence-corrected chi connectivity index (χ3v) is 4.82. The van der Waals surface area contributed by atoms with Crippen molar-refractivity contribution in [2.45, 2.75) is 19.3 Å². The van der Waals surface area contributed by atoms with E-state index >= 15 is 0 Å². The number of carbonyl (C=O) groups is 1. The SMILES string of the molecule is COc1ccccc1-c1ccc(NC(=O)CCCCN2CCOCC2)cc1. The first-order valence-electron chi connectivity index (χ1n) is 9.59. The lowest BCUT2D eigenvalue weighted by Crippen LogP contribution is -2.36. The summed E-state index contributed by atoms with van der Waals surface area (Å²) >= 11 is 0. The fraction of sp³-hybridized carbons (Fsp3) is 0.409. The molecule has 5 heteroatoms. The monoisotopic (exact) mass is 368 g/mol. The number of methoxy groups -OCH3 is 1. The highest BCUT2D eigenvalue weighted by molar-refractivity contribution is 5.91. The van der Waals surface area contributed by atoms with E-state index in [1.165, 1.54) is 0 Å². The zero-order chi connectivity index (χ0) is 18.9. The number of nitrogens with zero attached hydrogens (tertiary/aromatic N) is 1. The Balaban J connectivity index is 1.44. The van der Waals surface area contributed by atoms with Crippen LogP contribution in [0.1, 0.15) is 19.3 Å². The van der Waals surface area contributed by atoms with E-state index in [0.717, 1.165) is 68.3 Å². The molecule has 0 atom stereocenters. The second-order valence-corrected chi connectivity index (χ2v) is 6.74. The second kappa shape index (κ2) is 10.1. The Morgan fingerprint density at radius 1 is 1.07 bits per heavy atom. The molecule has 0 saturated carbocycles. The highest BCUT2D eigenvalue weighted by atomic mass is 16.5. The second-order valence-electron chi connectivity index (χ2n) is 6.74. The summed E-state index contributed by atoms with van der Waals surface area (Å²) in [4.78, 5) is 14.6. The minimum absolute atomic E-state index is 0.0713. The van der Waals surface area contributed by atoms with Gasteiger partial charge >= 0.3 is 0 Å². The Labute approximate surface area is 161 Å². The fourth-order valence-electron chi connectivity index (χ4n) is 3.29. The molecule has 0 spiro atoms. The topological polar surface area (TPSA) is 50.8 Å². The van der Waals surface area contributed by atoms with E-state index in [1.54, 1.807) is 7.11 Å². The van der Waals surface area contributed by atoms with Gasteiger partial charge in [0.2, 0.25) is 5.91 Å². The molecular weight excluding hydrogens is 340 g/mol. The van der Waals surface area contributed by atoms with Gasteiger partial charge in [0.1, 0.15) is 5.75 Å². The summed E-state index contributed by atoms with van der Waals surface area (Å²) in [5, 5.41) is 2.98. The van der Waals surface area contributed by atoms with Gasteiger partial charge in [-0.05, 0) is 43.1 Å². The molecule has 3 rings (SSSR count). The fourth-order valence-corrected chi connectivity index (χ4v) is 3.29. The van der Waals surface area contributed by atoms with Crippen molar-refractivity contribution in [1.82, 2.24) is 4.90 Å². The van der Waals surface area contributed by atoms with E-state index in [-0.39, 0.29) is 5.91 Å². The maximum atomic E-state index is 12.2. The Hall–Kier alpha value is -2.37. The minimum Gasteiger partial charge on any atom is -0.496 e. The quantitative estimate of drug-likeness (QED) is 0.720. The van der Waals surface area contributed by atoms with Crippen LogP contribution in [0.3, 0.4) is 0 Å². The summed E-state index contributed by atoms with van der Waals surface area (Å²) in [6.45, 7) is 4.70. The molecule has 5 nitrogen and oxygen atoms in total. The number of morpholine rings is 1. The van der Waals surface area contributed by atoms with Gasteiger partial charge in [-0.1, -0.05) is 30.3 Å². The van der Waals surface area contributed by atoms with Crippen LogP contribution in [0.15, 0.2) is 48.5 Å². The number of anilines is 1. The molecule has 0 radical (unpaired) electrons. The normalized spacial score (nSPS) is 14.7. The lowest BCUT2D eigenvalue weighted by molar-refractivity contribution is -0.116. The first-order valence-corrected chi connectivity index (χ1v) is 9.59. The smallest absolute Gasteiger partial charge is 0.224 e. The zero-order valence-electron chi connectivity index (χ0n) is 15.9. The number of hydrogen-bond acceptors (Lipinski definition) is 4. The van der Waals surface area contributed by atoms with Crippen molar-refractivity contribution < 1.29 is 14.3 Å². The van der Waals surface area contributed by atoms with Crippen LogP contribution in [-0.4, -0.2) is 50.8 Å². The lowest BCUT2D eigenvalue weighted by Gasteiger charge is -2.26. The molecule has 0 aromatic heterocycles. The molecule has 1 saturated heterocycles. The average Bonchev–Trinajstić information content (AvgIpc) is 2.72. The predicted molar refractivity (Wildman–Crippen MR) is 108 cm³/mol. The minimum atomic E-state index is 0.0713. The highest BCUT2D eigenvalue weighted by Crippen LogP contribution is 2.30. The Morgan fingerprint density at radius 2 is 1.81 bits per heavy atom.